The van der Waals surface area contributed by atoms with Gasteiger partial charge in [0.2, 0.25) is 11.8 Å². The molecule has 2 heterocycles. The van der Waals surface area contributed by atoms with Gasteiger partial charge in [-0.2, -0.15) is 0 Å². The lowest BCUT2D eigenvalue weighted by molar-refractivity contribution is -0.120. The van der Waals surface area contributed by atoms with E-state index in [1.807, 2.05) is 30.3 Å². The van der Waals surface area contributed by atoms with Gasteiger partial charge in [-0.05, 0) is 23.8 Å². The lowest BCUT2D eigenvalue weighted by Crippen LogP contribution is -2.25. The molecule has 0 aliphatic carbocycles. The standard InChI is InChI=1S/C17H18N2O4/c1-21-17-13(3-2-6-18-17)11-19-16(20)10-12-4-5-14-15(9-12)23-8-7-22-14/h2-6,9H,7-8,10-11H2,1H3,(H,19,20). The summed E-state index contributed by atoms with van der Waals surface area (Å²) in [6, 6.07) is 9.23. The molecular formula is C17H18N2O4. The number of hydrogen-bond acceptors (Lipinski definition) is 5. The van der Waals surface area contributed by atoms with Gasteiger partial charge in [-0.3, -0.25) is 4.79 Å². The molecule has 0 fully saturated rings. The van der Waals surface area contributed by atoms with Crippen LogP contribution in [-0.4, -0.2) is 31.2 Å². The van der Waals surface area contributed by atoms with Gasteiger partial charge in [0.1, 0.15) is 13.2 Å². The molecular weight excluding hydrogens is 296 g/mol. The van der Waals surface area contributed by atoms with E-state index in [9.17, 15) is 4.79 Å². The third kappa shape index (κ3) is 3.71. The summed E-state index contributed by atoms with van der Waals surface area (Å²) in [7, 11) is 1.56. The Bertz CT molecular complexity index is 703. The molecule has 2 aromatic rings. The summed E-state index contributed by atoms with van der Waals surface area (Å²) in [5.74, 6) is 1.86. The van der Waals surface area contributed by atoms with Gasteiger partial charge < -0.3 is 19.5 Å². The average molecular weight is 314 g/mol. The predicted molar refractivity (Wildman–Crippen MR) is 83.8 cm³/mol. The van der Waals surface area contributed by atoms with Crippen molar-refractivity contribution in [2.24, 2.45) is 0 Å². The number of ether oxygens (including phenoxy) is 3. The molecule has 1 N–H and O–H groups in total. The van der Waals surface area contributed by atoms with Crippen LogP contribution in [0.25, 0.3) is 0 Å². The quantitative estimate of drug-likeness (QED) is 0.910. The van der Waals surface area contributed by atoms with Crippen molar-refractivity contribution in [3.8, 4) is 17.4 Å². The number of nitrogens with one attached hydrogen (secondary N) is 1. The van der Waals surface area contributed by atoms with Crippen molar-refractivity contribution in [2.75, 3.05) is 20.3 Å². The van der Waals surface area contributed by atoms with Gasteiger partial charge in [-0.25, -0.2) is 4.98 Å². The van der Waals surface area contributed by atoms with E-state index in [1.54, 1.807) is 13.3 Å². The number of aromatic nitrogens is 1. The monoisotopic (exact) mass is 314 g/mol. The van der Waals surface area contributed by atoms with E-state index in [0.717, 1.165) is 16.9 Å². The Kier molecular flexibility index (Phi) is 4.61. The molecule has 1 aliphatic rings. The highest BCUT2D eigenvalue weighted by molar-refractivity contribution is 5.78. The highest BCUT2D eigenvalue weighted by atomic mass is 16.6. The molecule has 1 aromatic heterocycles. The number of carbonyl (C=O) groups is 1. The molecule has 0 radical (unpaired) electrons. The molecule has 0 unspecified atom stereocenters. The first-order chi connectivity index (χ1) is 11.3. The zero-order valence-corrected chi connectivity index (χ0v) is 12.9. The topological polar surface area (TPSA) is 69.7 Å². The van der Waals surface area contributed by atoms with Gasteiger partial charge in [0.25, 0.3) is 0 Å². The first kappa shape index (κ1) is 15.1. The highest BCUT2D eigenvalue weighted by Crippen LogP contribution is 2.30. The lowest BCUT2D eigenvalue weighted by atomic mass is 10.1. The Morgan fingerprint density at radius 2 is 2.09 bits per heavy atom. The van der Waals surface area contributed by atoms with E-state index >= 15 is 0 Å². The molecule has 3 rings (SSSR count). The minimum absolute atomic E-state index is 0.0763. The second-order valence-corrected chi connectivity index (χ2v) is 5.10. The molecule has 0 atom stereocenters. The smallest absolute Gasteiger partial charge is 0.224 e. The number of rotatable bonds is 5. The van der Waals surface area contributed by atoms with Crippen LogP contribution in [0.5, 0.6) is 17.4 Å². The first-order valence-electron chi connectivity index (χ1n) is 7.39. The van der Waals surface area contributed by atoms with Crippen molar-refractivity contribution in [1.29, 1.82) is 0 Å². The van der Waals surface area contributed by atoms with Crippen LogP contribution in [0.2, 0.25) is 0 Å². The zero-order valence-electron chi connectivity index (χ0n) is 12.9. The molecule has 1 aromatic carbocycles. The van der Waals surface area contributed by atoms with Gasteiger partial charge in [-0.1, -0.05) is 12.1 Å². The van der Waals surface area contributed by atoms with Gasteiger partial charge in [0.05, 0.1) is 13.5 Å². The van der Waals surface area contributed by atoms with Crippen molar-refractivity contribution in [3.05, 3.63) is 47.7 Å². The Morgan fingerprint density at radius 3 is 2.91 bits per heavy atom. The molecule has 0 spiro atoms. The SMILES string of the molecule is COc1ncccc1CNC(=O)Cc1ccc2c(c1)OCCO2. The maximum Gasteiger partial charge on any atom is 0.224 e. The molecule has 6 nitrogen and oxygen atoms in total. The fourth-order valence-corrected chi connectivity index (χ4v) is 2.38. The maximum absolute atomic E-state index is 12.1. The average Bonchev–Trinajstić information content (AvgIpc) is 2.60. The number of benzene rings is 1. The summed E-state index contributed by atoms with van der Waals surface area (Å²) in [4.78, 5) is 16.2. The largest absolute Gasteiger partial charge is 0.486 e. The first-order valence-corrected chi connectivity index (χ1v) is 7.39. The number of hydrogen-bond donors (Lipinski definition) is 1. The van der Waals surface area contributed by atoms with E-state index < -0.39 is 0 Å². The van der Waals surface area contributed by atoms with E-state index in [0.29, 0.717) is 31.4 Å². The van der Waals surface area contributed by atoms with Crippen LogP contribution in [-0.2, 0) is 17.8 Å². The molecule has 0 saturated heterocycles. The van der Waals surface area contributed by atoms with Crippen molar-refractivity contribution >= 4 is 5.91 Å². The number of methoxy groups -OCH3 is 1. The van der Waals surface area contributed by atoms with E-state index in [4.69, 9.17) is 14.2 Å². The molecule has 23 heavy (non-hydrogen) atoms. The summed E-state index contributed by atoms with van der Waals surface area (Å²) in [5, 5.41) is 2.87. The summed E-state index contributed by atoms with van der Waals surface area (Å²) >= 11 is 0. The summed E-state index contributed by atoms with van der Waals surface area (Å²) in [6.07, 6.45) is 1.93. The number of carbonyl (C=O) groups excluding carboxylic acids is 1. The van der Waals surface area contributed by atoms with Crippen molar-refractivity contribution in [2.45, 2.75) is 13.0 Å². The zero-order chi connectivity index (χ0) is 16.1. The van der Waals surface area contributed by atoms with Crippen LogP contribution >= 0.6 is 0 Å². The second-order valence-electron chi connectivity index (χ2n) is 5.10. The molecule has 6 heteroatoms. The van der Waals surface area contributed by atoms with Crippen LogP contribution in [0.15, 0.2) is 36.5 Å². The minimum Gasteiger partial charge on any atom is -0.486 e. The third-order valence-corrected chi connectivity index (χ3v) is 3.49. The Hall–Kier alpha value is -2.76. The van der Waals surface area contributed by atoms with Gasteiger partial charge >= 0.3 is 0 Å². The Labute approximate surface area is 134 Å². The number of nitrogens with zero attached hydrogens (tertiary/aromatic N) is 1. The van der Waals surface area contributed by atoms with Gasteiger partial charge in [0.15, 0.2) is 11.5 Å². The van der Waals surface area contributed by atoms with Crippen LogP contribution in [0.4, 0.5) is 0 Å². The maximum atomic E-state index is 12.1. The van der Waals surface area contributed by atoms with Gasteiger partial charge in [-0.15, -0.1) is 0 Å². The van der Waals surface area contributed by atoms with Crippen molar-refractivity contribution < 1.29 is 19.0 Å². The summed E-state index contributed by atoms with van der Waals surface area (Å²) < 4.78 is 16.2. The van der Waals surface area contributed by atoms with Crippen LogP contribution in [0.1, 0.15) is 11.1 Å². The summed E-state index contributed by atoms with van der Waals surface area (Å²) in [6.45, 7) is 1.46. The van der Waals surface area contributed by atoms with Crippen LogP contribution in [0.3, 0.4) is 0 Å². The minimum atomic E-state index is -0.0763. The Morgan fingerprint density at radius 1 is 1.26 bits per heavy atom. The second kappa shape index (κ2) is 7.00. The van der Waals surface area contributed by atoms with Crippen LogP contribution in [0, 0.1) is 0 Å². The molecule has 1 amide bonds. The number of pyridine rings is 1. The predicted octanol–water partition coefficient (Wildman–Crippen LogP) is 1.72. The molecule has 120 valence electrons. The fraction of sp³-hybridized carbons (Fsp3) is 0.294. The summed E-state index contributed by atoms with van der Waals surface area (Å²) in [5.41, 5.74) is 1.72. The van der Waals surface area contributed by atoms with E-state index in [2.05, 4.69) is 10.3 Å². The Balaban J connectivity index is 1.59. The normalized spacial score (nSPS) is 12.6. The number of amides is 1. The molecule has 1 aliphatic heterocycles. The molecule has 0 bridgehead atoms. The van der Waals surface area contributed by atoms with Crippen molar-refractivity contribution in [1.82, 2.24) is 10.3 Å². The van der Waals surface area contributed by atoms with Crippen LogP contribution < -0.4 is 19.5 Å². The molecule has 0 saturated carbocycles. The lowest BCUT2D eigenvalue weighted by Gasteiger charge is -2.18. The number of fused-ring (bicyclic) bond motifs is 1. The third-order valence-electron chi connectivity index (χ3n) is 3.49. The van der Waals surface area contributed by atoms with Crippen molar-refractivity contribution in [3.63, 3.8) is 0 Å². The fourth-order valence-electron chi connectivity index (χ4n) is 2.38. The van der Waals surface area contributed by atoms with E-state index in [1.165, 1.54) is 0 Å². The highest BCUT2D eigenvalue weighted by Gasteiger charge is 2.13. The van der Waals surface area contributed by atoms with E-state index in [-0.39, 0.29) is 12.3 Å². The van der Waals surface area contributed by atoms with Gasteiger partial charge in [0, 0.05) is 18.3 Å².